The Balaban J connectivity index is 0.00000242. The minimum atomic E-state index is -3.29. The SMILES string of the molecule is Cn1cc[n+](CCC(=O)c2ccc(NS(C)(=O)=O)cc2)c1.[Cl-]. The van der Waals surface area contributed by atoms with Crippen molar-refractivity contribution < 1.29 is 30.2 Å². The fourth-order valence-corrected chi connectivity index (χ4v) is 2.51. The van der Waals surface area contributed by atoms with Gasteiger partial charge in [0.2, 0.25) is 16.4 Å². The van der Waals surface area contributed by atoms with E-state index in [1.165, 1.54) is 0 Å². The lowest BCUT2D eigenvalue weighted by Gasteiger charge is -2.04. The van der Waals surface area contributed by atoms with Gasteiger partial charge < -0.3 is 12.4 Å². The molecule has 1 heterocycles. The molecule has 6 nitrogen and oxygen atoms in total. The topological polar surface area (TPSA) is 72.0 Å². The normalized spacial score (nSPS) is 10.8. The molecule has 0 aliphatic carbocycles. The van der Waals surface area contributed by atoms with Crippen LogP contribution in [0.4, 0.5) is 5.69 Å². The van der Waals surface area contributed by atoms with Gasteiger partial charge in [-0.3, -0.25) is 9.52 Å². The smallest absolute Gasteiger partial charge is 0.243 e. The van der Waals surface area contributed by atoms with Gasteiger partial charge in [0.1, 0.15) is 12.4 Å². The lowest BCUT2D eigenvalue weighted by molar-refractivity contribution is -0.695. The Morgan fingerprint density at radius 3 is 2.41 bits per heavy atom. The number of anilines is 1. The number of carbonyl (C=O) groups is 1. The first-order valence-electron chi connectivity index (χ1n) is 6.45. The minimum Gasteiger partial charge on any atom is -1.00 e. The number of aryl methyl sites for hydroxylation is 2. The highest BCUT2D eigenvalue weighted by atomic mass is 35.5. The molecule has 1 aromatic heterocycles. The standard InChI is InChI=1S/C14H17N3O3S.ClH/c1-16-9-10-17(11-16)8-7-14(18)12-3-5-13(6-4-12)15-21(2,19)20;/h3-6,9-11H,7-8H2,1-2H3;1H. The summed E-state index contributed by atoms with van der Waals surface area (Å²) in [5.41, 5.74) is 1.03. The summed E-state index contributed by atoms with van der Waals surface area (Å²) in [6, 6.07) is 6.44. The van der Waals surface area contributed by atoms with Crippen LogP contribution in [0.15, 0.2) is 43.0 Å². The zero-order valence-electron chi connectivity index (χ0n) is 12.4. The maximum atomic E-state index is 12.1. The molecule has 0 aliphatic heterocycles. The Labute approximate surface area is 136 Å². The van der Waals surface area contributed by atoms with Gasteiger partial charge in [0.15, 0.2) is 5.78 Å². The Bertz CT molecular complexity index is 739. The maximum Gasteiger partial charge on any atom is 0.243 e. The van der Waals surface area contributed by atoms with E-state index in [-0.39, 0.29) is 18.2 Å². The lowest BCUT2D eigenvalue weighted by atomic mass is 10.1. The van der Waals surface area contributed by atoms with Crippen LogP contribution in [0, 0.1) is 0 Å². The number of Topliss-reactive ketones (excluding diaryl/α,β-unsaturated/α-hetero) is 1. The molecule has 0 amide bonds. The molecule has 0 spiro atoms. The number of benzene rings is 1. The molecule has 1 aromatic carbocycles. The summed E-state index contributed by atoms with van der Waals surface area (Å²) in [5, 5.41) is 0. The van der Waals surface area contributed by atoms with Crippen molar-refractivity contribution in [2.45, 2.75) is 13.0 Å². The molecule has 0 saturated heterocycles. The molecular weight excluding hydrogens is 326 g/mol. The van der Waals surface area contributed by atoms with Gasteiger partial charge in [-0.2, -0.15) is 0 Å². The van der Waals surface area contributed by atoms with E-state index in [0.29, 0.717) is 24.2 Å². The van der Waals surface area contributed by atoms with Gasteiger partial charge in [0, 0.05) is 17.7 Å². The van der Waals surface area contributed by atoms with Crippen LogP contribution in [-0.4, -0.2) is 25.0 Å². The van der Waals surface area contributed by atoms with Crippen LogP contribution in [0.1, 0.15) is 16.8 Å². The first-order chi connectivity index (χ1) is 9.83. The summed E-state index contributed by atoms with van der Waals surface area (Å²) in [6.07, 6.45) is 7.21. The van der Waals surface area contributed by atoms with Gasteiger partial charge in [0.25, 0.3) is 0 Å². The van der Waals surface area contributed by atoms with Crippen LogP contribution in [0.3, 0.4) is 0 Å². The van der Waals surface area contributed by atoms with Crippen molar-refractivity contribution in [3.8, 4) is 0 Å². The van der Waals surface area contributed by atoms with E-state index in [2.05, 4.69) is 4.72 Å². The van der Waals surface area contributed by atoms with E-state index in [9.17, 15) is 13.2 Å². The second-order valence-corrected chi connectivity index (χ2v) is 6.69. The van der Waals surface area contributed by atoms with Crippen LogP contribution < -0.4 is 21.7 Å². The summed E-state index contributed by atoms with van der Waals surface area (Å²) < 4.78 is 28.4. The molecule has 22 heavy (non-hydrogen) atoms. The number of hydrogen-bond donors (Lipinski definition) is 1. The average molecular weight is 344 g/mol. The highest BCUT2D eigenvalue weighted by Crippen LogP contribution is 2.12. The molecule has 0 atom stereocenters. The highest BCUT2D eigenvalue weighted by Gasteiger charge is 2.09. The Kier molecular flexibility index (Phi) is 6.13. The third-order valence-electron chi connectivity index (χ3n) is 2.93. The van der Waals surface area contributed by atoms with Crippen LogP contribution in [-0.2, 0) is 23.6 Å². The van der Waals surface area contributed by atoms with Crippen LogP contribution in [0.2, 0.25) is 0 Å². The van der Waals surface area contributed by atoms with Crippen molar-refractivity contribution in [2.75, 3.05) is 11.0 Å². The lowest BCUT2D eigenvalue weighted by Crippen LogP contribution is -3.00. The molecule has 0 radical (unpaired) electrons. The van der Waals surface area contributed by atoms with Crippen molar-refractivity contribution in [3.05, 3.63) is 48.5 Å². The van der Waals surface area contributed by atoms with Gasteiger partial charge in [-0.15, -0.1) is 0 Å². The molecule has 0 fully saturated rings. The molecule has 0 aliphatic rings. The molecule has 2 rings (SSSR count). The number of nitrogens with one attached hydrogen (secondary N) is 1. The van der Waals surface area contributed by atoms with Crippen LogP contribution >= 0.6 is 0 Å². The van der Waals surface area contributed by atoms with Gasteiger partial charge in [0.05, 0.1) is 19.8 Å². The Morgan fingerprint density at radius 1 is 1.27 bits per heavy atom. The summed E-state index contributed by atoms with van der Waals surface area (Å²) >= 11 is 0. The third-order valence-corrected chi connectivity index (χ3v) is 3.54. The number of sulfonamides is 1. The second kappa shape index (κ2) is 7.42. The number of nitrogens with zero attached hydrogens (tertiary/aromatic N) is 2. The third kappa shape index (κ3) is 5.50. The average Bonchev–Trinajstić information content (AvgIpc) is 2.81. The van der Waals surface area contributed by atoms with E-state index in [4.69, 9.17) is 0 Å². The van der Waals surface area contributed by atoms with Crippen molar-refractivity contribution in [1.29, 1.82) is 0 Å². The molecule has 0 unspecified atom stereocenters. The Hall–Kier alpha value is -1.86. The number of ketones is 1. The number of hydrogen-bond acceptors (Lipinski definition) is 3. The largest absolute Gasteiger partial charge is 1.00 e. The molecule has 1 N–H and O–H groups in total. The van der Waals surface area contributed by atoms with E-state index in [1.54, 1.807) is 24.3 Å². The van der Waals surface area contributed by atoms with E-state index < -0.39 is 10.0 Å². The quantitative estimate of drug-likeness (QED) is 0.485. The minimum absolute atomic E-state index is 0. The van der Waals surface area contributed by atoms with Crippen LogP contribution in [0.25, 0.3) is 0 Å². The van der Waals surface area contributed by atoms with E-state index >= 15 is 0 Å². The second-order valence-electron chi connectivity index (χ2n) is 4.94. The summed E-state index contributed by atoms with van der Waals surface area (Å²) in [5.74, 6) is 0.0252. The number of imidazole rings is 1. The summed E-state index contributed by atoms with van der Waals surface area (Å²) in [6.45, 7) is 0.614. The van der Waals surface area contributed by atoms with Crippen molar-refractivity contribution in [3.63, 3.8) is 0 Å². The number of rotatable bonds is 6. The summed E-state index contributed by atoms with van der Waals surface area (Å²) in [4.78, 5) is 12.1. The summed E-state index contributed by atoms with van der Waals surface area (Å²) in [7, 11) is -1.37. The van der Waals surface area contributed by atoms with Crippen molar-refractivity contribution in [2.24, 2.45) is 7.05 Å². The molecular formula is C14H18ClN3O3S. The molecule has 0 bridgehead atoms. The molecule has 8 heteroatoms. The maximum absolute atomic E-state index is 12.1. The van der Waals surface area contributed by atoms with Gasteiger partial charge in [-0.1, -0.05) is 0 Å². The molecule has 0 saturated carbocycles. The highest BCUT2D eigenvalue weighted by molar-refractivity contribution is 7.92. The van der Waals surface area contributed by atoms with Crippen molar-refractivity contribution >= 4 is 21.5 Å². The first-order valence-corrected chi connectivity index (χ1v) is 8.35. The van der Waals surface area contributed by atoms with Gasteiger partial charge >= 0.3 is 0 Å². The monoisotopic (exact) mass is 343 g/mol. The van der Waals surface area contributed by atoms with Crippen molar-refractivity contribution in [1.82, 2.24) is 4.57 Å². The Morgan fingerprint density at radius 2 is 1.91 bits per heavy atom. The zero-order valence-corrected chi connectivity index (χ0v) is 13.9. The fourth-order valence-electron chi connectivity index (χ4n) is 1.95. The predicted molar refractivity (Wildman–Crippen MR) is 79.5 cm³/mol. The number of carbonyl (C=O) groups excluding carboxylic acids is 1. The van der Waals surface area contributed by atoms with Gasteiger partial charge in [-0.05, 0) is 24.3 Å². The number of halogens is 1. The molecule has 2 aromatic rings. The van der Waals surface area contributed by atoms with Gasteiger partial charge in [-0.25, -0.2) is 17.6 Å². The zero-order chi connectivity index (χ0) is 15.5. The van der Waals surface area contributed by atoms with Crippen LogP contribution in [0.5, 0.6) is 0 Å². The predicted octanol–water partition coefficient (Wildman–Crippen LogP) is -2.04. The van der Waals surface area contributed by atoms with E-state index in [0.717, 1.165) is 6.26 Å². The number of aromatic nitrogens is 2. The first kappa shape index (κ1) is 18.2. The fraction of sp³-hybridized carbons (Fsp3) is 0.286. The van der Waals surface area contributed by atoms with E-state index in [1.807, 2.05) is 34.9 Å². The molecule has 120 valence electrons.